The average Bonchev–Trinajstić information content (AvgIpc) is 3.08. The first kappa shape index (κ1) is 19.2. The number of benzene rings is 2. The normalized spacial score (nSPS) is 11.2. The molecule has 2 aromatic carbocycles. The summed E-state index contributed by atoms with van der Waals surface area (Å²) in [5, 5.41) is 21.6. The standard InChI is InChI=1S/C17H15ClF3N5O/c1-2-23-7-13-24-15-9(6-12(20)14(21)16(15)25-13)17(22)26(27)8-3-4-11(19)10(18)5-8/h3-6,22-23,27H,2,7H2,1H3,(H,24,25). The molecule has 0 saturated heterocycles. The molecule has 3 rings (SSSR count). The van der Waals surface area contributed by atoms with E-state index in [4.69, 9.17) is 17.0 Å². The molecular weight excluding hydrogens is 383 g/mol. The molecule has 1 heterocycles. The highest BCUT2D eigenvalue weighted by molar-refractivity contribution is 6.31. The van der Waals surface area contributed by atoms with Gasteiger partial charge in [-0.1, -0.05) is 18.5 Å². The van der Waals surface area contributed by atoms with Crippen molar-refractivity contribution in [1.82, 2.24) is 15.3 Å². The number of nitrogens with zero attached hydrogens (tertiary/aromatic N) is 2. The number of H-pyrrole nitrogens is 1. The summed E-state index contributed by atoms with van der Waals surface area (Å²) in [5.74, 6) is -3.29. The van der Waals surface area contributed by atoms with Gasteiger partial charge >= 0.3 is 0 Å². The molecule has 3 aromatic rings. The van der Waals surface area contributed by atoms with Crippen LogP contribution in [0, 0.1) is 22.9 Å². The van der Waals surface area contributed by atoms with E-state index in [9.17, 15) is 18.4 Å². The molecule has 0 saturated carbocycles. The predicted molar refractivity (Wildman–Crippen MR) is 95.9 cm³/mol. The van der Waals surface area contributed by atoms with Crippen molar-refractivity contribution in [2.45, 2.75) is 13.5 Å². The van der Waals surface area contributed by atoms with Gasteiger partial charge in [-0.3, -0.25) is 10.6 Å². The van der Waals surface area contributed by atoms with E-state index in [0.29, 0.717) is 17.4 Å². The Morgan fingerprint density at radius 2 is 2.04 bits per heavy atom. The maximum Gasteiger partial charge on any atom is 0.186 e. The van der Waals surface area contributed by atoms with Crippen LogP contribution in [0.3, 0.4) is 0 Å². The minimum absolute atomic E-state index is 0.0170. The highest BCUT2D eigenvalue weighted by atomic mass is 35.5. The molecule has 10 heteroatoms. The van der Waals surface area contributed by atoms with Crippen molar-refractivity contribution >= 4 is 34.2 Å². The average molecular weight is 398 g/mol. The van der Waals surface area contributed by atoms with Crippen LogP contribution in [0.5, 0.6) is 0 Å². The van der Waals surface area contributed by atoms with Gasteiger partial charge in [0.1, 0.15) is 17.2 Å². The van der Waals surface area contributed by atoms with E-state index in [0.717, 1.165) is 18.2 Å². The molecule has 0 aliphatic heterocycles. The number of aromatic amines is 1. The molecular formula is C17H15ClF3N5O. The molecule has 0 aliphatic rings. The molecule has 0 amide bonds. The fourth-order valence-corrected chi connectivity index (χ4v) is 2.70. The minimum Gasteiger partial charge on any atom is -0.340 e. The van der Waals surface area contributed by atoms with Gasteiger partial charge in [0.15, 0.2) is 17.5 Å². The lowest BCUT2D eigenvalue weighted by molar-refractivity contribution is 0.312. The lowest BCUT2D eigenvalue weighted by Crippen LogP contribution is -2.27. The molecule has 0 fully saturated rings. The fourth-order valence-electron chi connectivity index (χ4n) is 2.53. The lowest BCUT2D eigenvalue weighted by Gasteiger charge is -2.18. The van der Waals surface area contributed by atoms with E-state index >= 15 is 0 Å². The summed E-state index contributed by atoms with van der Waals surface area (Å²) in [6.45, 7) is 2.81. The first-order valence-electron chi connectivity index (χ1n) is 7.93. The number of halogens is 4. The minimum atomic E-state index is -1.21. The third-order valence-electron chi connectivity index (χ3n) is 3.87. The number of amidine groups is 1. The molecule has 0 radical (unpaired) electrons. The summed E-state index contributed by atoms with van der Waals surface area (Å²) in [6, 6.07) is 4.09. The Balaban J connectivity index is 2.06. The summed E-state index contributed by atoms with van der Waals surface area (Å²) in [6.07, 6.45) is 0. The van der Waals surface area contributed by atoms with Crippen LogP contribution in [0.2, 0.25) is 5.02 Å². The second kappa shape index (κ2) is 7.55. The van der Waals surface area contributed by atoms with Gasteiger partial charge in [0.25, 0.3) is 0 Å². The fraction of sp³-hybridized carbons (Fsp3) is 0.176. The van der Waals surface area contributed by atoms with Gasteiger partial charge in [-0.05, 0) is 30.8 Å². The number of fused-ring (bicyclic) bond motifs is 1. The zero-order valence-corrected chi connectivity index (χ0v) is 14.8. The second-order valence-electron chi connectivity index (χ2n) is 5.67. The molecule has 0 aliphatic carbocycles. The van der Waals surface area contributed by atoms with Crippen LogP contribution in [-0.2, 0) is 6.54 Å². The third kappa shape index (κ3) is 3.61. The van der Waals surface area contributed by atoms with Gasteiger partial charge in [0.2, 0.25) is 0 Å². The first-order valence-corrected chi connectivity index (χ1v) is 8.31. The van der Waals surface area contributed by atoms with E-state index in [1.165, 1.54) is 6.07 Å². The summed E-state index contributed by atoms with van der Waals surface area (Å²) in [4.78, 5) is 6.84. The lowest BCUT2D eigenvalue weighted by atomic mass is 10.1. The Morgan fingerprint density at radius 3 is 2.70 bits per heavy atom. The highest BCUT2D eigenvalue weighted by Crippen LogP contribution is 2.27. The molecule has 0 spiro atoms. The summed E-state index contributed by atoms with van der Waals surface area (Å²) in [7, 11) is 0. The number of nitrogens with one attached hydrogen (secondary N) is 3. The zero-order valence-electron chi connectivity index (χ0n) is 14.1. The maximum atomic E-state index is 14.1. The predicted octanol–water partition coefficient (Wildman–Crippen LogP) is 3.96. The van der Waals surface area contributed by atoms with E-state index in [1.54, 1.807) is 0 Å². The Labute approximate surface area is 157 Å². The maximum absolute atomic E-state index is 14.1. The van der Waals surface area contributed by atoms with Crippen LogP contribution in [-0.4, -0.2) is 27.6 Å². The zero-order chi connectivity index (χ0) is 19.7. The molecule has 6 nitrogen and oxygen atoms in total. The number of anilines is 1. The van der Waals surface area contributed by atoms with Gasteiger partial charge in [0, 0.05) is 5.56 Å². The van der Waals surface area contributed by atoms with Gasteiger partial charge < -0.3 is 10.3 Å². The van der Waals surface area contributed by atoms with E-state index in [2.05, 4.69) is 15.3 Å². The molecule has 0 atom stereocenters. The largest absolute Gasteiger partial charge is 0.340 e. The van der Waals surface area contributed by atoms with Crippen molar-refractivity contribution in [2.75, 3.05) is 11.6 Å². The quantitative estimate of drug-likeness (QED) is 0.298. The Hall–Kier alpha value is -2.62. The number of hydrogen-bond donors (Lipinski definition) is 4. The van der Waals surface area contributed by atoms with Crippen LogP contribution in [0.25, 0.3) is 11.0 Å². The SMILES string of the molecule is CCNCc1nc2c(F)c(F)cc(C(=N)N(O)c3ccc(F)c(Cl)c3)c2[nH]1. The molecule has 1 aromatic heterocycles. The van der Waals surface area contributed by atoms with Gasteiger partial charge in [-0.2, -0.15) is 0 Å². The van der Waals surface area contributed by atoms with Crippen molar-refractivity contribution in [3.63, 3.8) is 0 Å². The van der Waals surface area contributed by atoms with Gasteiger partial charge in [-0.15, -0.1) is 0 Å². The van der Waals surface area contributed by atoms with Gasteiger partial charge in [0.05, 0.1) is 22.8 Å². The van der Waals surface area contributed by atoms with Crippen molar-refractivity contribution in [3.05, 3.63) is 58.1 Å². The molecule has 142 valence electrons. The van der Waals surface area contributed by atoms with Crippen LogP contribution in [0.1, 0.15) is 18.3 Å². The summed E-state index contributed by atoms with van der Waals surface area (Å²) >= 11 is 5.69. The number of aromatic nitrogens is 2. The third-order valence-corrected chi connectivity index (χ3v) is 4.16. The smallest absolute Gasteiger partial charge is 0.186 e. The van der Waals surface area contributed by atoms with E-state index in [-0.39, 0.29) is 33.9 Å². The van der Waals surface area contributed by atoms with Gasteiger partial charge in [-0.25, -0.2) is 23.2 Å². The number of rotatable bonds is 5. The monoisotopic (exact) mass is 397 g/mol. The van der Waals surface area contributed by atoms with Crippen LogP contribution in [0.4, 0.5) is 18.9 Å². The number of imidazole rings is 1. The Kier molecular flexibility index (Phi) is 5.36. The number of hydrogen-bond acceptors (Lipinski definition) is 4. The van der Waals surface area contributed by atoms with Crippen molar-refractivity contribution in [3.8, 4) is 0 Å². The number of hydroxylamine groups is 1. The van der Waals surface area contributed by atoms with Crippen molar-refractivity contribution in [2.24, 2.45) is 0 Å². The molecule has 4 N–H and O–H groups in total. The molecule has 0 bridgehead atoms. The van der Waals surface area contributed by atoms with Crippen LogP contribution < -0.4 is 10.4 Å². The molecule has 27 heavy (non-hydrogen) atoms. The Bertz CT molecular complexity index is 1020. The van der Waals surface area contributed by atoms with Crippen molar-refractivity contribution < 1.29 is 18.4 Å². The van der Waals surface area contributed by atoms with E-state index in [1.807, 2.05) is 6.92 Å². The van der Waals surface area contributed by atoms with Crippen molar-refractivity contribution in [1.29, 1.82) is 5.41 Å². The molecule has 0 unspecified atom stereocenters. The topological polar surface area (TPSA) is 88.0 Å². The van der Waals surface area contributed by atoms with Crippen LogP contribution in [0.15, 0.2) is 24.3 Å². The Morgan fingerprint density at radius 1 is 1.30 bits per heavy atom. The summed E-state index contributed by atoms with van der Waals surface area (Å²) in [5.41, 5.74) is -0.369. The van der Waals surface area contributed by atoms with E-state index < -0.39 is 23.3 Å². The van der Waals surface area contributed by atoms with Crippen LogP contribution >= 0.6 is 11.6 Å². The highest BCUT2D eigenvalue weighted by Gasteiger charge is 2.22. The second-order valence-corrected chi connectivity index (χ2v) is 6.07. The first-order chi connectivity index (χ1) is 12.8. The summed E-state index contributed by atoms with van der Waals surface area (Å²) < 4.78 is 41.4.